The Labute approximate surface area is 115 Å². The molecule has 0 aliphatic rings. The second-order valence-corrected chi connectivity index (χ2v) is 6.02. The molecule has 0 fully saturated rings. The van der Waals surface area contributed by atoms with Crippen LogP contribution in [0.25, 0.3) is 10.9 Å². The quantitative estimate of drug-likeness (QED) is 0.778. The van der Waals surface area contributed by atoms with Crippen LogP contribution in [0.3, 0.4) is 0 Å². The van der Waals surface area contributed by atoms with Crippen molar-refractivity contribution >= 4 is 26.6 Å². The Morgan fingerprint density at radius 1 is 1.05 bits per heavy atom. The molecule has 1 heterocycles. The van der Waals surface area contributed by atoms with Crippen molar-refractivity contribution in [3.63, 3.8) is 0 Å². The maximum atomic E-state index is 13.1. The Kier molecular flexibility index (Phi) is 2.94. The zero-order valence-corrected chi connectivity index (χ0v) is 11.1. The van der Waals surface area contributed by atoms with E-state index in [4.69, 9.17) is 0 Å². The van der Waals surface area contributed by atoms with Crippen molar-refractivity contribution in [3.05, 3.63) is 60.5 Å². The number of fused-ring (bicyclic) bond motifs is 1. The number of halogens is 1. The first kappa shape index (κ1) is 12.7. The number of benzene rings is 2. The SMILES string of the molecule is O=S(=O)(Nc1ccc2cc[nH]c2c1)c1cccc(F)c1. The topological polar surface area (TPSA) is 62.0 Å². The van der Waals surface area contributed by atoms with E-state index in [1.807, 2.05) is 6.07 Å². The Bertz CT molecular complexity index is 872. The van der Waals surface area contributed by atoms with Crippen molar-refractivity contribution in [1.82, 2.24) is 4.98 Å². The highest BCUT2D eigenvalue weighted by Crippen LogP contribution is 2.21. The molecule has 102 valence electrons. The third-order valence-corrected chi connectivity index (χ3v) is 4.29. The summed E-state index contributed by atoms with van der Waals surface area (Å²) in [6.45, 7) is 0. The lowest BCUT2D eigenvalue weighted by atomic mass is 10.2. The number of H-pyrrole nitrogens is 1. The van der Waals surface area contributed by atoms with Crippen LogP contribution in [0.2, 0.25) is 0 Å². The standard InChI is InChI=1S/C14H11FN2O2S/c15-11-2-1-3-13(8-11)20(18,19)17-12-5-4-10-6-7-16-14(10)9-12/h1-9,16-17H. The van der Waals surface area contributed by atoms with Crippen LogP contribution in [0.1, 0.15) is 0 Å². The second-order valence-electron chi connectivity index (χ2n) is 4.34. The summed E-state index contributed by atoms with van der Waals surface area (Å²) in [5.41, 5.74) is 1.24. The number of sulfonamides is 1. The minimum atomic E-state index is -3.79. The molecule has 0 spiro atoms. The van der Waals surface area contributed by atoms with Crippen LogP contribution in [0.5, 0.6) is 0 Å². The number of hydrogen-bond donors (Lipinski definition) is 2. The molecule has 0 saturated carbocycles. The van der Waals surface area contributed by atoms with Crippen molar-refractivity contribution in [1.29, 1.82) is 0 Å². The third kappa shape index (κ3) is 2.37. The van der Waals surface area contributed by atoms with E-state index < -0.39 is 15.8 Å². The predicted octanol–water partition coefficient (Wildman–Crippen LogP) is 3.11. The first-order valence-corrected chi connectivity index (χ1v) is 7.38. The maximum Gasteiger partial charge on any atom is 0.261 e. The fourth-order valence-corrected chi connectivity index (χ4v) is 3.04. The minimum Gasteiger partial charge on any atom is -0.361 e. The van der Waals surface area contributed by atoms with Gasteiger partial charge < -0.3 is 4.98 Å². The Morgan fingerprint density at radius 3 is 2.70 bits per heavy atom. The fraction of sp³-hybridized carbons (Fsp3) is 0. The van der Waals surface area contributed by atoms with Gasteiger partial charge in [0.15, 0.2) is 0 Å². The molecule has 0 saturated heterocycles. The van der Waals surface area contributed by atoms with Gasteiger partial charge in [-0.1, -0.05) is 12.1 Å². The number of rotatable bonds is 3. The minimum absolute atomic E-state index is 0.107. The second kappa shape index (κ2) is 4.64. The van der Waals surface area contributed by atoms with Crippen molar-refractivity contribution in [2.24, 2.45) is 0 Å². The summed E-state index contributed by atoms with van der Waals surface area (Å²) in [6.07, 6.45) is 1.77. The lowest BCUT2D eigenvalue weighted by Gasteiger charge is -2.08. The molecule has 0 unspecified atom stereocenters. The Hall–Kier alpha value is -2.34. The van der Waals surface area contributed by atoms with Crippen LogP contribution < -0.4 is 4.72 Å². The molecule has 0 bridgehead atoms. The van der Waals surface area contributed by atoms with E-state index >= 15 is 0 Å². The van der Waals surface area contributed by atoms with Gasteiger partial charge in [-0.05, 0) is 41.8 Å². The van der Waals surface area contributed by atoms with Crippen LogP contribution in [-0.2, 0) is 10.0 Å². The highest BCUT2D eigenvalue weighted by Gasteiger charge is 2.14. The summed E-state index contributed by atoms with van der Waals surface area (Å²) in [6, 6.07) is 11.9. The molecule has 2 N–H and O–H groups in total. The van der Waals surface area contributed by atoms with E-state index in [1.165, 1.54) is 18.2 Å². The average molecular weight is 290 g/mol. The highest BCUT2D eigenvalue weighted by molar-refractivity contribution is 7.92. The number of anilines is 1. The van der Waals surface area contributed by atoms with Gasteiger partial charge in [0.25, 0.3) is 10.0 Å². The number of hydrogen-bond acceptors (Lipinski definition) is 2. The molecule has 2 aromatic carbocycles. The first-order chi connectivity index (χ1) is 9.54. The lowest BCUT2D eigenvalue weighted by molar-refractivity contribution is 0.595. The van der Waals surface area contributed by atoms with E-state index in [0.29, 0.717) is 5.69 Å². The molecule has 1 aromatic heterocycles. The molecule has 4 nitrogen and oxygen atoms in total. The lowest BCUT2D eigenvalue weighted by Crippen LogP contribution is -2.13. The summed E-state index contributed by atoms with van der Waals surface area (Å²) < 4.78 is 39.8. The summed E-state index contributed by atoms with van der Waals surface area (Å²) in [5, 5.41) is 0.985. The molecule has 0 radical (unpaired) electrons. The molecule has 0 atom stereocenters. The predicted molar refractivity (Wildman–Crippen MR) is 75.5 cm³/mol. The third-order valence-electron chi connectivity index (χ3n) is 2.91. The summed E-state index contributed by atoms with van der Waals surface area (Å²) in [5.74, 6) is -0.590. The highest BCUT2D eigenvalue weighted by atomic mass is 32.2. The zero-order chi connectivity index (χ0) is 14.2. The van der Waals surface area contributed by atoms with Crippen molar-refractivity contribution in [3.8, 4) is 0 Å². The number of aromatic nitrogens is 1. The van der Waals surface area contributed by atoms with Gasteiger partial charge in [0.05, 0.1) is 10.6 Å². The molecule has 3 rings (SSSR count). The Morgan fingerprint density at radius 2 is 1.90 bits per heavy atom. The summed E-state index contributed by atoms with van der Waals surface area (Å²) >= 11 is 0. The van der Waals surface area contributed by atoms with Gasteiger partial charge >= 0.3 is 0 Å². The van der Waals surface area contributed by atoms with E-state index in [9.17, 15) is 12.8 Å². The zero-order valence-electron chi connectivity index (χ0n) is 10.3. The summed E-state index contributed by atoms with van der Waals surface area (Å²) in [4.78, 5) is 2.89. The van der Waals surface area contributed by atoms with Crippen LogP contribution in [-0.4, -0.2) is 13.4 Å². The largest absolute Gasteiger partial charge is 0.361 e. The maximum absolute atomic E-state index is 13.1. The number of aromatic amines is 1. The van der Waals surface area contributed by atoms with E-state index in [0.717, 1.165) is 17.0 Å². The fourth-order valence-electron chi connectivity index (χ4n) is 1.96. The molecule has 0 aliphatic heterocycles. The molecule has 6 heteroatoms. The monoisotopic (exact) mass is 290 g/mol. The normalized spacial score (nSPS) is 11.7. The smallest absolute Gasteiger partial charge is 0.261 e. The van der Waals surface area contributed by atoms with Crippen molar-refractivity contribution in [2.45, 2.75) is 4.90 Å². The van der Waals surface area contributed by atoms with Gasteiger partial charge in [0.2, 0.25) is 0 Å². The van der Waals surface area contributed by atoms with Gasteiger partial charge in [-0.15, -0.1) is 0 Å². The van der Waals surface area contributed by atoms with Crippen LogP contribution in [0.15, 0.2) is 59.6 Å². The van der Waals surface area contributed by atoms with Crippen LogP contribution in [0, 0.1) is 5.82 Å². The molecule has 3 aromatic rings. The van der Waals surface area contributed by atoms with Crippen LogP contribution in [0.4, 0.5) is 10.1 Å². The van der Waals surface area contributed by atoms with Gasteiger partial charge in [-0.2, -0.15) is 0 Å². The molecule has 20 heavy (non-hydrogen) atoms. The Balaban J connectivity index is 1.96. The van der Waals surface area contributed by atoms with E-state index in [-0.39, 0.29) is 4.90 Å². The molecule has 0 amide bonds. The van der Waals surface area contributed by atoms with Gasteiger partial charge in [0.1, 0.15) is 5.82 Å². The van der Waals surface area contributed by atoms with Gasteiger partial charge in [-0.3, -0.25) is 4.72 Å². The average Bonchev–Trinajstić information content (AvgIpc) is 2.85. The van der Waals surface area contributed by atoms with Crippen LogP contribution >= 0.6 is 0 Å². The molecular formula is C14H11FN2O2S. The van der Waals surface area contributed by atoms with Crippen molar-refractivity contribution in [2.75, 3.05) is 4.72 Å². The van der Waals surface area contributed by atoms with Gasteiger partial charge in [0, 0.05) is 11.7 Å². The first-order valence-electron chi connectivity index (χ1n) is 5.90. The number of nitrogens with one attached hydrogen (secondary N) is 2. The van der Waals surface area contributed by atoms with Gasteiger partial charge in [-0.25, -0.2) is 12.8 Å². The molecule has 0 aliphatic carbocycles. The van der Waals surface area contributed by atoms with E-state index in [2.05, 4.69) is 9.71 Å². The summed E-state index contributed by atoms with van der Waals surface area (Å²) in [7, 11) is -3.79. The van der Waals surface area contributed by atoms with E-state index in [1.54, 1.807) is 24.4 Å². The van der Waals surface area contributed by atoms with Crippen molar-refractivity contribution < 1.29 is 12.8 Å². The molecular weight excluding hydrogens is 279 g/mol.